The Morgan fingerprint density at radius 1 is 1.22 bits per heavy atom. The van der Waals surface area contributed by atoms with Gasteiger partial charge in [0.25, 0.3) is 0 Å². The van der Waals surface area contributed by atoms with Crippen LogP contribution < -0.4 is 5.73 Å². The number of nitrogens with two attached hydrogens (primary N) is 1. The van der Waals surface area contributed by atoms with Gasteiger partial charge < -0.3 is 10.8 Å². The van der Waals surface area contributed by atoms with Crippen molar-refractivity contribution in [1.29, 1.82) is 0 Å². The molecule has 3 rings (SSSR count). The van der Waals surface area contributed by atoms with E-state index in [1.807, 2.05) is 41.1 Å². The van der Waals surface area contributed by atoms with Crippen LogP contribution in [0.2, 0.25) is 0 Å². The fraction of sp³-hybridized carbons (Fsp3) is 0.0714. The lowest BCUT2D eigenvalue weighted by atomic mass is 10.1. The number of hydrogen-bond acceptors (Lipinski definition) is 4. The molecule has 0 radical (unpaired) electrons. The van der Waals surface area contributed by atoms with Gasteiger partial charge in [-0.1, -0.05) is 6.07 Å². The third-order valence-corrected chi connectivity index (χ3v) is 3.57. The Kier molecular flexibility index (Phi) is 2.74. The van der Waals surface area contributed by atoms with E-state index < -0.39 is 0 Å². The summed E-state index contributed by atoms with van der Waals surface area (Å²) in [5.74, 6) is 0. The summed E-state index contributed by atoms with van der Waals surface area (Å²) in [5, 5.41) is 14.5. The van der Waals surface area contributed by atoms with Crippen LogP contribution in [0.1, 0.15) is 5.56 Å². The average Bonchev–Trinajstić information content (AvgIpc) is 2.90. The summed E-state index contributed by atoms with van der Waals surface area (Å²) in [6, 6.07) is 9.59. The molecule has 0 unspecified atom stereocenters. The molecule has 3 aromatic rings. The number of aliphatic hydroxyl groups excluding tert-OH is 1. The predicted octanol–water partition coefficient (Wildman–Crippen LogP) is 3.04. The molecule has 0 saturated heterocycles. The first-order valence-electron chi connectivity index (χ1n) is 5.60. The second kappa shape index (κ2) is 4.40. The first kappa shape index (κ1) is 11.2. The third kappa shape index (κ3) is 1.85. The molecule has 1 aromatic carbocycles. The summed E-state index contributed by atoms with van der Waals surface area (Å²) in [7, 11) is 0. The molecule has 0 aliphatic carbocycles. The maximum atomic E-state index is 9.47. The van der Waals surface area contributed by atoms with Gasteiger partial charge in [-0.2, -0.15) is 11.3 Å². The van der Waals surface area contributed by atoms with E-state index in [0.717, 1.165) is 27.7 Å². The van der Waals surface area contributed by atoms with E-state index in [2.05, 4.69) is 4.98 Å². The Morgan fingerprint density at radius 2 is 2.11 bits per heavy atom. The van der Waals surface area contributed by atoms with Crippen molar-refractivity contribution in [2.45, 2.75) is 6.61 Å². The van der Waals surface area contributed by atoms with Gasteiger partial charge in [0.2, 0.25) is 0 Å². The molecule has 90 valence electrons. The topological polar surface area (TPSA) is 59.1 Å². The fourth-order valence-corrected chi connectivity index (χ4v) is 2.64. The monoisotopic (exact) mass is 256 g/mol. The highest BCUT2D eigenvalue weighted by Crippen LogP contribution is 2.28. The lowest BCUT2D eigenvalue weighted by molar-refractivity contribution is 0.282. The zero-order valence-corrected chi connectivity index (χ0v) is 10.4. The van der Waals surface area contributed by atoms with E-state index in [0.29, 0.717) is 5.69 Å². The molecule has 18 heavy (non-hydrogen) atoms. The lowest BCUT2D eigenvalue weighted by Gasteiger charge is -2.08. The van der Waals surface area contributed by atoms with Gasteiger partial charge in [0.05, 0.1) is 17.8 Å². The quantitative estimate of drug-likeness (QED) is 0.693. The Bertz CT molecular complexity index is 692. The lowest BCUT2D eigenvalue weighted by Crippen LogP contribution is -1.94. The van der Waals surface area contributed by atoms with Crippen LogP contribution in [-0.4, -0.2) is 10.1 Å². The molecule has 0 aliphatic rings. The number of aliphatic hydroxyl groups is 1. The predicted molar refractivity (Wildman–Crippen MR) is 75.4 cm³/mol. The maximum absolute atomic E-state index is 9.47. The Morgan fingerprint density at radius 3 is 2.83 bits per heavy atom. The van der Waals surface area contributed by atoms with Crippen LogP contribution in [0.25, 0.3) is 22.2 Å². The van der Waals surface area contributed by atoms with E-state index in [-0.39, 0.29) is 6.61 Å². The number of nitrogen functional groups attached to an aromatic ring is 1. The molecule has 0 spiro atoms. The number of fused-ring (bicyclic) bond motifs is 1. The minimum atomic E-state index is -0.0154. The van der Waals surface area contributed by atoms with Crippen LogP contribution in [0, 0.1) is 0 Å². The third-order valence-electron chi connectivity index (χ3n) is 2.89. The van der Waals surface area contributed by atoms with Crippen LogP contribution >= 0.6 is 11.3 Å². The van der Waals surface area contributed by atoms with Gasteiger partial charge in [-0.25, -0.2) is 4.98 Å². The van der Waals surface area contributed by atoms with E-state index in [1.54, 1.807) is 11.3 Å². The van der Waals surface area contributed by atoms with E-state index in [1.165, 1.54) is 0 Å². The Labute approximate surface area is 109 Å². The minimum absolute atomic E-state index is 0.0154. The zero-order valence-electron chi connectivity index (χ0n) is 9.63. The highest BCUT2D eigenvalue weighted by atomic mass is 32.1. The molecular weight excluding hydrogens is 244 g/mol. The van der Waals surface area contributed by atoms with Crippen molar-refractivity contribution in [3.05, 3.63) is 46.7 Å². The van der Waals surface area contributed by atoms with E-state index >= 15 is 0 Å². The van der Waals surface area contributed by atoms with Crippen molar-refractivity contribution in [3.63, 3.8) is 0 Å². The van der Waals surface area contributed by atoms with Gasteiger partial charge in [0.15, 0.2) is 0 Å². The standard InChI is InChI=1S/C14H12N2OS/c15-12-2-1-9-5-11(7-17)14(16-13(9)6-12)10-3-4-18-8-10/h1-6,8,17H,7,15H2. The summed E-state index contributed by atoms with van der Waals surface area (Å²) < 4.78 is 0. The number of hydrogen-bond donors (Lipinski definition) is 2. The smallest absolute Gasteiger partial charge is 0.0773 e. The molecule has 2 heterocycles. The number of aromatic nitrogens is 1. The average molecular weight is 256 g/mol. The van der Waals surface area contributed by atoms with Gasteiger partial charge in [-0.3, -0.25) is 0 Å². The summed E-state index contributed by atoms with van der Waals surface area (Å²) in [6.07, 6.45) is 0. The summed E-state index contributed by atoms with van der Waals surface area (Å²) in [5.41, 5.74) is 10.0. The molecule has 4 heteroatoms. The first-order valence-corrected chi connectivity index (χ1v) is 6.55. The highest BCUT2D eigenvalue weighted by molar-refractivity contribution is 7.08. The normalized spacial score (nSPS) is 10.9. The van der Waals surface area contributed by atoms with Crippen molar-refractivity contribution in [2.75, 3.05) is 5.73 Å². The summed E-state index contributed by atoms with van der Waals surface area (Å²) in [4.78, 5) is 4.62. The SMILES string of the molecule is Nc1ccc2cc(CO)c(-c3ccsc3)nc2c1. The van der Waals surface area contributed by atoms with Crippen LogP contribution in [0.4, 0.5) is 5.69 Å². The van der Waals surface area contributed by atoms with Gasteiger partial charge in [0.1, 0.15) is 0 Å². The van der Waals surface area contributed by atoms with E-state index in [9.17, 15) is 5.11 Å². The van der Waals surface area contributed by atoms with Crippen molar-refractivity contribution < 1.29 is 5.11 Å². The van der Waals surface area contributed by atoms with Crippen molar-refractivity contribution in [3.8, 4) is 11.3 Å². The largest absolute Gasteiger partial charge is 0.399 e. The van der Waals surface area contributed by atoms with Crippen molar-refractivity contribution in [2.24, 2.45) is 0 Å². The molecule has 3 N–H and O–H groups in total. The molecular formula is C14H12N2OS. The van der Waals surface area contributed by atoms with Crippen molar-refractivity contribution in [1.82, 2.24) is 4.98 Å². The van der Waals surface area contributed by atoms with Crippen LogP contribution in [0.5, 0.6) is 0 Å². The molecule has 2 aromatic heterocycles. The number of benzene rings is 1. The number of rotatable bonds is 2. The molecule has 0 bridgehead atoms. The van der Waals surface area contributed by atoms with Gasteiger partial charge >= 0.3 is 0 Å². The van der Waals surface area contributed by atoms with Crippen LogP contribution in [-0.2, 0) is 6.61 Å². The second-order valence-corrected chi connectivity index (χ2v) is 4.90. The summed E-state index contributed by atoms with van der Waals surface area (Å²) in [6.45, 7) is -0.0154. The minimum Gasteiger partial charge on any atom is -0.399 e. The highest BCUT2D eigenvalue weighted by Gasteiger charge is 2.09. The number of pyridine rings is 1. The molecule has 0 amide bonds. The van der Waals surface area contributed by atoms with Gasteiger partial charge in [0, 0.05) is 27.6 Å². The zero-order chi connectivity index (χ0) is 12.5. The number of thiophene rings is 1. The Balaban J connectivity index is 2.29. The number of nitrogens with zero attached hydrogens (tertiary/aromatic N) is 1. The van der Waals surface area contributed by atoms with E-state index in [4.69, 9.17) is 5.73 Å². The van der Waals surface area contributed by atoms with Crippen molar-refractivity contribution >= 4 is 27.9 Å². The molecule has 3 nitrogen and oxygen atoms in total. The maximum Gasteiger partial charge on any atom is 0.0773 e. The fourth-order valence-electron chi connectivity index (χ4n) is 2.00. The van der Waals surface area contributed by atoms with Gasteiger partial charge in [-0.15, -0.1) is 0 Å². The molecule has 0 atom stereocenters. The Hall–Kier alpha value is -1.91. The van der Waals surface area contributed by atoms with Crippen LogP contribution in [0.15, 0.2) is 41.1 Å². The van der Waals surface area contributed by atoms with Crippen LogP contribution in [0.3, 0.4) is 0 Å². The molecule has 0 fully saturated rings. The first-order chi connectivity index (χ1) is 8.78. The second-order valence-electron chi connectivity index (χ2n) is 4.12. The molecule has 0 aliphatic heterocycles. The number of anilines is 1. The van der Waals surface area contributed by atoms with Gasteiger partial charge in [-0.05, 0) is 29.6 Å². The summed E-state index contributed by atoms with van der Waals surface area (Å²) >= 11 is 1.62. The molecule has 0 saturated carbocycles.